The SMILES string of the molecule is COc1cccc(-c2cnc3c(N4CCN(Cc5ccccn5)CC4)nccn23)c1.O=C(O)C(F)(F)F.O=C(O)C(F)(F)F.O=C(O)C(F)(F)F. The van der Waals surface area contributed by atoms with E-state index in [9.17, 15) is 39.5 Å². The van der Waals surface area contributed by atoms with Gasteiger partial charge < -0.3 is 25.0 Å². The summed E-state index contributed by atoms with van der Waals surface area (Å²) in [5, 5.41) is 21.4. The highest BCUT2D eigenvalue weighted by molar-refractivity contribution is 5.74. The van der Waals surface area contributed by atoms with Crippen LogP contribution in [-0.2, 0) is 20.9 Å². The van der Waals surface area contributed by atoms with Crippen molar-refractivity contribution in [1.29, 1.82) is 0 Å². The fourth-order valence-electron chi connectivity index (χ4n) is 3.96. The van der Waals surface area contributed by atoms with E-state index < -0.39 is 36.4 Å². The third kappa shape index (κ3) is 13.3. The van der Waals surface area contributed by atoms with E-state index in [1.54, 1.807) is 7.11 Å². The molecule has 0 unspecified atom stereocenters. The number of alkyl halides is 9. The van der Waals surface area contributed by atoms with E-state index in [0.717, 1.165) is 66.9 Å². The Labute approximate surface area is 281 Å². The Morgan fingerprint density at radius 2 is 1.29 bits per heavy atom. The second kappa shape index (κ2) is 17.8. The van der Waals surface area contributed by atoms with Crippen LogP contribution in [0.1, 0.15) is 5.69 Å². The number of anilines is 1. The lowest BCUT2D eigenvalue weighted by molar-refractivity contribution is -0.193. The number of ether oxygens (including phenoxy) is 1. The third-order valence-corrected chi connectivity index (χ3v) is 6.29. The molecule has 22 heteroatoms. The summed E-state index contributed by atoms with van der Waals surface area (Å²) < 4.78 is 103. The summed E-state index contributed by atoms with van der Waals surface area (Å²) in [5.74, 6) is -6.50. The van der Waals surface area contributed by atoms with Crippen LogP contribution in [0.3, 0.4) is 0 Å². The minimum Gasteiger partial charge on any atom is -0.497 e. The Balaban J connectivity index is 0.000000352. The first-order chi connectivity index (χ1) is 23.6. The van der Waals surface area contributed by atoms with Crippen LogP contribution in [0.25, 0.3) is 16.9 Å². The smallest absolute Gasteiger partial charge is 0.490 e. The van der Waals surface area contributed by atoms with Gasteiger partial charge >= 0.3 is 36.4 Å². The van der Waals surface area contributed by atoms with E-state index in [1.807, 2.05) is 55.1 Å². The van der Waals surface area contributed by atoms with Crippen LogP contribution in [0.2, 0.25) is 0 Å². The summed E-state index contributed by atoms with van der Waals surface area (Å²) in [6.45, 7) is 4.67. The molecule has 4 aromatic rings. The van der Waals surface area contributed by atoms with Gasteiger partial charge in [0, 0.05) is 56.9 Å². The highest BCUT2D eigenvalue weighted by Crippen LogP contribution is 2.28. The Kier molecular flexibility index (Phi) is 14.5. The highest BCUT2D eigenvalue weighted by atomic mass is 19.4. The van der Waals surface area contributed by atoms with Gasteiger partial charge in [-0.25, -0.2) is 24.4 Å². The first kappa shape index (κ1) is 41.5. The largest absolute Gasteiger partial charge is 0.497 e. The van der Waals surface area contributed by atoms with Crippen molar-refractivity contribution in [3.05, 3.63) is 72.9 Å². The number of carboxylic acids is 3. The molecule has 13 nitrogen and oxygen atoms in total. The van der Waals surface area contributed by atoms with Crippen molar-refractivity contribution < 1.29 is 74.0 Å². The maximum Gasteiger partial charge on any atom is 0.490 e. The molecule has 4 heterocycles. The molecule has 0 aliphatic carbocycles. The standard InChI is InChI=1S/C23H24N6O.3C2HF3O2/c1-30-20-7-4-5-18(15-20)21-16-26-23-22(25-9-10-29(21)23)28-13-11-27(12-14-28)17-19-6-2-3-8-24-19;3*3-2(4,5)1(6)7/h2-10,15-16H,11-14,17H2,1H3;3*(H,6,7). The molecule has 0 amide bonds. The van der Waals surface area contributed by atoms with E-state index in [0.29, 0.717) is 0 Å². The number of piperazine rings is 1. The monoisotopic (exact) mass is 742 g/mol. The molecule has 278 valence electrons. The van der Waals surface area contributed by atoms with Crippen LogP contribution in [0.5, 0.6) is 5.75 Å². The van der Waals surface area contributed by atoms with Gasteiger partial charge in [0.1, 0.15) is 5.75 Å². The maximum absolute atomic E-state index is 10.6. The van der Waals surface area contributed by atoms with Gasteiger partial charge in [-0.2, -0.15) is 39.5 Å². The topological polar surface area (TPSA) is 171 Å². The van der Waals surface area contributed by atoms with Gasteiger partial charge in [0.15, 0.2) is 11.5 Å². The molecule has 1 saturated heterocycles. The minimum atomic E-state index is -5.08. The molecule has 1 aromatic carbocycles. The molecule has 0 atom stereocenters. The zero-order valence-electron chi connectivity index (χ0n) is 25.9. The number of aliphatic carboxylic acids is 3. The second-order valence-electron chi connectivity index (χ2n) is 9.81. The van der Waals surface area contributed by atoms with Gasteiger partial charge in [-0.15, -0.1) is 0 Å². The predicted molar refractivity (Wildman–Crippen MR) is 158 cm³/mol. The second-order valence-corrected chi connectivity index (χ2v) is 9.81. The number of nitrogens with zero attached hydrogens (tertiary/aromatic N) is 6. The Morgan fingerprint density at radius 3 is 1.76 bits per heavy atom. The first-order valence-electron chi connectivity index (χ1n) is 13.9. The summed E-state index contributed by atoms with van der Waals surface area (Å²) in [4.78, 5) is 45.3. The lowest BCUT2D eigenvalue weighted by Gasteiger charge is -2.35. The molecule has 3 aromatic heterocycles. The number of methoxy groups -OCH3 is 1. The number of fused-ring (bicyclic) bond motifs is 1. The predicted octanol–water partition coefficient (Wildman–Crippen LogP) is 5.02. The summed E-state index contributed by atoms with van der Waals surface area (Å²) in [6.07, 6.45) is -7.66. The lowest BCUT2D eigenvalue weighted by atomic mass is 10.1. The Hall–Kier alpha value is -5.67. The fraction of sp³-hybridized carbons (Fsp3) is 0.310. The summed E-state index contributed by atoms with van der Waals surface area (Å²) in [5.41, 5.74) is 4.09. The van der Waals surface area contributed by atoms with Gasteiger partial charge in [-0.1, -0.05) is 18.2 Å². The summed E-state index contributed by atoms with van der Waals surface area (Å²) >= 11 is 0. The van der Waals surface area contributed by atoms with Crippen LogP contribution in [0.4, 0.5) is 45.3 Å². The maximum atomic E-state index is 10.6. The number of halogens is 9. The molecular formula is C29H27F9N6O7. The van der Waals surface area contributed by atoms with Crippen molar-refractivity contribution in [3.63, 3.8) is 0 Å². The molecule has 0 spiro atoms. The van der Waals surface area contributed by atoms with Crippen molar-refractivity contribution in [2.24, 2.45) is 0 Å². The molecule has 0 saturated carbocycles. The highest BCUT2D eigenvalue weighted by Gasteiger charge is 2.39. The van der Waals surface area contributed by atoms with Crippen molar-refractivity contribution >= 4 is 29.4 Å². The molecular weight excluding hydrogens is 715 g/mol. The number of imidazole rings is 1. The zero-order valence-corrected chi connectivity index (χ0v) is 25.9. The van der Waals surface area contributed by atoms with E-state index in [2.05, 4.69) is 36.3 Å². The van der Waals surface area contributed by atoms with Crippen molar-refractivity contribution in [3.8, 4) is 17.0 Å². The van der Waals surface area contributed by atoms with E-state index >= 15 is 0 Å². The molecule has 5 rings (SSSR count). The first-order valence-corrected chi connectivity index (χ1v) is 13.9. The van der Waals surface area contributed by atoms with E-state index in [4.69, 9.17) is 39.4 Å². The zero-order chi connectivity index (χ0) is 38.6. The van der Waals surface area contributed by atoms with E-state index in [1.165, 1.54) is 0 Å². The number of aromatic nitrogens is 4. The average molecular weight is 743 g/mol. The van der Waals surface area contributed by atoms with Gasteiger partial charge in [0.2, 0.25) is 0 Å². The number of hydrogen-bond acceptors (Lipinski definition) is 9. The Bertz CT molecular complexity index is 1690. The lowest BCUT2D eigenvalue weighted by Crippen LogP contribution is -2.46. The van der Waals surface area contributed by atoms with Crippen LogP contribution < -0.4 is 9.64 Å². The van der Waals surface area contributed by atoms with Crippen LogP contribution in [-0.4, -0.2) is 109 Å². The Morgan fingerprint density at radius 1 is 0.745 bits per heavy atom. The van der Waals surface area contributed by atoms with E-state index in [-0.39, 0.29) is 0 Å². The van der Waals surface area contributed by atoms with Crippen molar-refractivity contribution in [2.75, 3.05) is 38.2 Å². The number of benzene rings is 1. The molecule has 3 N–H and O–H groups in total. The van der Waals surface area contributed by atoms with Crippen molar-refractivity contribution in [2.45, 2.75) is 25.1 Å². The number of hydrogen-bond donors (Lipinski definition) is 3. The third-order valence-electron chi connectivity index (χ3n) is 6.29. The molecule has 1 aliphatic heterocycles. The average Bonchev–Trinajstić information content (AvgIpc) is 3.50. The summed E-state index contributed by atoms with van der Waals surface area (Å²) in [7, 11) is 1.68. The van der Waals surface area contributed by atoms with Crippen LogP contribution in [0, 0.1) is 0 Å². The van der Waals surface area contributed by atoms with Gasteiger partial charge in [-0.3, -0.25) is 14.3 Å². The normalized spacial score (nSPS) is 13.4. The number of carboxylic acid groups (broad SMARTS) is 3. The van der Waals surface area contributed by atoms with Crippen molar-refractivity contribution in [1.82, 2.24) is 24.3 Å². The fourth-order valence-corrected chi connectivity index (χ4v) is 3.96. The van der Waals surface area contributed by atoms with Crippen LogP contribution >= 0.6 is 0 Å². The van der Waals surface area contributed by atoms with Gasteiger partial charge in [-0.05, 0) is 24.3 Å². The molecule has 51 heavy (non-hydrogen) atoms. The van der Waals surface area contributed by atoms with Crippen LogP contribution in [0.15, 0.2) is 67.3 Å². The number of carbonyl (C=O) groups is 3. The molecule has 1 fully saturated rings. The number of pyridine rings is 1. The molecule has 0 bridgehead atoms. The minimum absolute atomic E-state index is 0.834. The molecule has 1 aliphatic rings. The number of rotatable bonds is 5. The summed E-state index contributed by atoms with van der Waals surface area (Å²) in [6, 6.07) is 14.1. The quantitative estimate of drug-likeness (QED) is 0.234. The van der Waals surface area contributed by atoms with Gasteiger partial charge in [0.25, 0.3) is 0 Å². The molecule has 0 radical (unpaired) electrons. The van der Waals surface area contributed by atoms with Gasteiger partial charge in [0.05, 0.1) is 24.7 Å².